The smallest absolute Gasteiger partial charge is 0.337 e. The van der Waals surface area contributed by atoms with E-state index in [1.807, 2.05) is 31.2 Å². The van der Waals surface area contributed by atoms with Crippen LogP contribution in [0.4, 0.5) is 0 Å². The molecule has 0 heterocycles. The molecule has 6 nitrogen and oxygen atoms in total. The van der Waals surface area contributed by atoms with Crippen molar-refractivity contribution in [2.45, 2.75) is 13.5 Å². The number of carbonyl (C=O) groups excluding carboxylic acids is 2. The largest absolute Gasteiger partial charge is 0.489 e. The van der Waals surface area contributed by atoms with Gasteiger partial charge in [-0.3, -0.25) is 4.79 Å². The first-order valence-corrected chi connectivity index (χ1v) is 9.35. The van der Waals surface area contributed by atoms with Crippen LogP contribution in [-0.4, -0.2) is 25.2 Å². The molecule has 3 aromatic rings. The number of carbonyl (C=O) groups is 2. The van der Waals surface area contributed by atoms with Crippen LogP contribution in [0.5, 0.6) is 5.75 Å². The van der Waals surface area contributed by atoms with Crippen LogP contribution in [0.25, 0.3) is 0 Å². The van der Waals surface area contributed by atoms with Gasteiger partial charge in [0, 0.05) is 5.56 Å². The summed E-state index contributed by atoms with van der Waals surface area (Å²) in [6.45, 7) is 2.50. The molecule has 0 fully saturated rings. The fourth-order valence-corrected chi connectivity index (χ4v) is 2.61. The van der Waals surface area contributed by atoms with Gasteiger partial charge in [-0.2, -0.15) is 5.10 Å². The highest BCUT2D eigenvalue weighted by Crippen LogP contribution is 2.15. The summed E-state index contributed by atoms with van der Waals surface area (Å²) in [6, 6.07) is 21.7. The highest BCUT2D eigenvalue weighted by molar-refractivity contribution is 5.95. The Kier molecular flexibility index (Phi) is 6.95. The molecule has 0 aromatic heterocycles. The first-order valence-electron chi connectivity index (χ1n) is 9.35. The fraction of sp³-hybridized carbons (Fsp3) is 0.125. The van der Waals surface area contributed by atoms with Gasteiger partial charge in [0.15, 0.2) is 0 Å². The van der Waals surface area contributed by atoms with E-state index >= 15 is 0 Å². The van der Waals surface area contributed by atoms with Crippen molar-refractivity contribution in [3.63, 3.8) is 0 Å². The minimum Gasteiger partial charge on any atom is -0.489 e. The minimum absolute atomic E-state index is 0.331. The lowest BCUT2D eigenvalue weighted by atomic mass is 10.1. The molecule has 0 atom stereocenters. The minimum atomic E-state index is -0.405. The Balaban J connectivity index is 1.51. The number of nitrogens with one attached hydrogen (secondary N) is 1. The van der Waals surface area contributed by atoms with Gasteiger partial charge in [-0.05, 0) is 54.4 Å². The number of nitrogens with zero attached hydrogens (tertiary/aromatic N) is 1. The standard InChI is InChI=1S/C24H22N2O4/c1-17-3-5-19(6-4-17)16-30-22-13-11-20(12-14-22)23(27)26-25-15-18-7-9-21(10-8-18)24(28)29-2/h3-15H,16H2,1-2H3,(H,26,27). The van der Waals surface area contributed by atoms with Crippen molar-refractivity contribution in [2.75, 3.05) is 7.11 Å². The van der Waals surface area contributed by atoms with E-state index in [0.717, 1.165) is 11.1 Å². The molecule has 0 spiro atoms. The highest BCUT2D eigenvalue weighted by atomic mass is 16.5. The van der Waals surface area contributed by atoms with E-state index in [4.69, 9.17) is 4.74 Å². The summed E-state index contributed by atoms with van der Waals surface area (Å²) < 4.78 is 10.4. The maximum Gasteiger partial charge on any atom is 0.337 e. The van der Waals surface area contributed by atoms with Crippen molar-refractivity contribution in [1.29, 1.82) is 0 Å². The van der Waals surface area contributed by atoms with Crippen LogP contribution in [0.1, 0.15) is 37.4 Å². The van der Waals surface area contributed by atoms with E-state index in [-0.39, 0.29) is 5.91 Å². The Morgan fingerprint density at radius 3 is 2.17 bits per heavy atom. The van der Waals surface area contributed by atoms with Gasteiger partial charge in [0.05, 0.1) is 18.9 Å². The van der Waals surface area contributed by atoms with E-state index < -0.39 is 5.97 Å². The normalized spacial score (nSPS) is 10.6. The molecule has 0 bridgehead atoms. The summed E-state index contributed by atoms with van der Waals surface area (Å²) in [5.74, 6) is -0.0538. The van der Waals surface area contributed by atoms with Gasteiger partial charge >= 0.3 is 5.97 Å². The van der Waals surface area contributed by atoms with Crippen LogP contribution in [-0.2, 0) is 11.3 Å². The van der Waals surface area contributed by atoms with Crippen molar-refractivity contribution in [3.8, 4) is 5.75 Å². The van der Waals surface area contributed by atoms with Crippen molar-refractivity contribution in [2.24, 2.45) is 5.10 Å². The molecule has 3 rings (SSSR count). The molecule has 6 heteroatoms. The topological polar surface area (TPSA) is 77.0 Å². The number of amides is 1. The molecule has 152 valence electrons. The van der Waals surface area contributed by atoms with Gasteiger partial charge in [-0.15, -0.1) is 0 Å². The Labute approximate surface area is 175 Å². The van der Waals surface area contributed by atoms with Crippen LogP contribution in [0, 0.1) is 6.92 Å². The van der Waals surface area contributed by atoms with Gasteiger partial charge in [-0.1, -0.05) is 42.0 Å². The molecule has 1 N–H and O–H groups in total. The van der Waals surface area contributed by atoms with E-state index in [1.165, 1.54) is 18.9 Å². The maximum atomic E-state index is 12.2. The summed E-state index contributed by atoms with van der Waals surface area (Å²) >= 11 is 0. The summed E-state index contributed by atoms with van der Waals surface area (Å²) in [5, 5.41) is 3.95. The summed E-state index contributed by atoms with van der Waals surface area (Å²) in [5.41, 5.74) is 6.41. The van der Waals surface area contributed by atoms with Gasteiger partial charge in [-0.25, -0.2) is 10.2 Å². The first kappa shape index (κ1) is 20.8. The van der Waals surface area contributed by atoms with E-state index in [9.17, 15) is 9.59 Å². The average molecular weight is 402 g/mol. The van der Waals surface area contributed by atoms with Gasteiger partial charge in [0.25, 0.3) is 5.91 Å². The fourth-order valence-electron chi connectivity index (χ4n) is 2.61. The number of methoxy groups -OCH3 is 1. The van der Waals surface area contributed by atoms with Crippen LogP contribution in [0.3, 0.4) is 0 Å². The number of ether oxygens (including phenoxy) is 2. The molecule has 30 heavy (non-hydrogen) atoms. The third-order valence-electron chi connectivity index (χ3n) is 4.35. The number of hydrogen-bond acceptors (Lipinski definition) is 5. The van der Waals surface area contributed by atoms with Gasteiger partial charge in [0.1, 0.15) is 12.4 Å². The number of hydrogen-bond donors (Lipinski definition) is 1. The maximum absolute atomic E-state index is 12.2. The summed E-state index contributed by atoms with van der Waals surface area (Å²) in [4.78, 5) is 23.6. The number of hydrazone groups is 1. The van der Waals surface area contributed by atoms with E-state index in [1.54, 1.807) is 48.5 Å². The molecule has 0 radical (unpaired) electrons. The number of benzene rings is 3. The highest BCUT2D eigenvalue weighted by Gasteiger charge is 2.06. The molecule has 0 saturated heterocycles. The second kappa shape index (κ2) is 10.0. The van der Waals surface area contributed by atoms with Crippen LogP contribution in [0.15, 0.2) is 77.9 Å². The Morgan fingerprint density at radius 2 is 1.53 bits per heavy atom. The number of rotatable bonds is 7. The quantitative estimate of drug-likeness (QED) is 0.366. The van der Waals surface area contributed by atoms with E-state index in [2.05, 4.69) is 15.3 Å². The molecule has 1 amide bonds. The lowest BCUT2D eigenvalue weighted by Gasteiger charge is -2.07. The second-order valence-electron chi connectivity index (χ2n) is 6.61. The average Bonchev–Trinajstić information content (AvgIpc) is 2.79. The Hall–Kier alpha value is -3.93. The molecule has 0 unspecified atom stereocenters. The molecular formula is C24H22N2O4. The summed E-state index contributed by atoms with van der Waals surface area (Å²) in [7, 11) is 1.33. The first-order chi connectivity index (χ1) is 14.5. The van der Waals surface area contributed by atoms with Gasteiger partial charge < -0.3 is 9.47 Å². The zero-order valence-electron chi connectivity index (χ0n) is 16.8. The molecule has 3 aromatic carbocycles. The molecule has 0 saturated carbocycles. The van der Waals surface area contributed by atoms with Crippen molar-refractivity contribution >= 4 is 18.1 Å². The Morgan fingerprint density at radius 1 is 0.900 bits per heavy atom. The van der Waals surface area contributed by atoms with Crippen molar-refractivity contribution in [3.05, 3.63) is 101 Å². The second-order valence-corrected chi connectivity index (χ2v) is 6.61. The molecule has 0 aliphatic rings. The summed E-state index contributed by atoms with van der Waals surface area (Å²) in [6.07, 6.45) is 1.50. The van der Waals surface area contributed by atoms with E-state index in [0.29, 0.717) is 23.5 Å². The third kappa shape index (κ3) is 5.78. The molecule has 0 aliphatic carbocycles. The molecule has 0 aliphatic heterocycles. The predicted octanol–water partition coefficient (Wildman–Crippen LogP) is 4.12. The lowest BCUT2D eigenvalue weighted by Crippen LogP contribution is -2.17. The van der Waals surface area contributed by atoms with Crippen LogP contribution < -0.4 is 10.2 Å². The van der Waals surface area contributed by atoms with Crippen molar-refractivity contribution < 1.29 is 19.1 Å². The van der Waals surface area contributed by atoms with Crippen LogP contribution in [0.2, 0.25) is 0 Å². The Bertz CT molecular complexity index is 1020. The zero-order valence-corrected chi connectivity index (χ0v) is 16.8. The van der Waals surface area contributed by atoms with Crippen molar-refractivity contribution in [1.82, 2.24) is 5.43 Å². The third-order valence-corrected chi connectivity index (χ3v) is 4.35. The lowest BCUT2D eigenvalue weighted by molar-refractivity contribution is 0.0600. The monoisotopic (exact) mass is 402 g/mol. The predicted molar refractivity (Wildman–Crippen MR) is 115 cm³/mol. The zero-order chi connectivity index (χ0) is 21.3. The number of esters is 1. The molecular weight excluding hydrogens is 380 g/mol. The van der Waals surface area contributed by atoms with Gasteiger partial charge in [0.2, 0.25) is 0 Å². The SMILES string of the molecule is COC(=O)c1ccc(C=NNC(=O)c2ccc(OCc3ccc(C)cc3)cc2)cc1. The van der Waals surface area contributed by atoms with Crippen LogP contribution >= 0.6 is 0 Å². The number of aryl methyl sites for hydroxylation is 1.